The molecule has 0 aliphatic rings. The van der Waals surface area contributed by atoms with Crippen molar-refractivity contribution in [1.29, 1.82) is 0 Å². The van der Waals surface area contributed by atoms with E-state index in [2.05, 4.69) is 27.4 Å². The predicted molar refractivity (Wildman–Crippen MR) is 54.8 cm³/mol. The van der Waals surface area contributed by atoms with Crippen LogP contribution in [0.5, 0.6) is 0 Å². The first-order chi connectivity index (χ1) is 5.73. The van der Waals surface area contributed by atoms with Gasteiger partial charge in [-0.1, -0.05) is 22.0 Å². The Morgan fingerprint density at radius 2 is 1.92 bits per heavy atom. The number of pyridine rings is 1. The minimum atomic E-state index is -0.0250. The molecular weight excluding hydrogens is 237 g/mol. The van der Waals surface area contributed by atoms with Crippen LogP contribution in [0.4, 0.5) is 0 Å². The molecule has 1 aromatic heterocycles. The highest BCUT2D eigenvalue weighted by molar-refractivity contribution is 9.09. The molecule has 66 valence electrons. The Kier molecular flexibility index (Phi) is 3.53. The van der Waals surface area contributed by atoms with Gasteiger partial charge in [-0.15, -0.1) is 11.6 Å². The molecule has 0 aliphatic carbocycles. The van der Waals surface area contributed by atoms with Crippen LogP contribution in [0, 0.1) is 0 Å². The molecule has 0 aliphatic heterocycles. The number of hydrogen-bond donors (Lipinski definition) is 0. The second-order valence-electron chi connectivity index (χ2n) is 3.05. The molecule has 0 radical (unpaired) electrons. The molecule has 1 aromatic rings. The molecule has 12 heavy (non-hydrogen) atoms. The fraction of sp³-hybridized carbons (Fsp3) is 0.444. The lowest BCUT2D eigenvalue weighted by Crippen LogP contribution is -2.56. The highest BCUT2D eigenvalue weighted by atomic mass is 79.9. The lowest BCUT2D eigenvalue weighted by molar-refractivity contribution is -0.751. The van der Waals surface area contributed by atoms with Crippen molar-refractivity contribution in [2.45, 2.75) is 12.5 Å². The van der Waals surface area contributed by atoms with Gasteiger partial charge >= 0.3 is 0 Å². The van der Waals surface area contributed by atoms with E-state index in [-0.39, 0.29) is 5.54 Å². The third-order valence-electron chi connectivity index (χ3n) is 1.91. The fourth-order valence-corrected chi connectivity index (χ4v) is 1.88. The highest BCUT2D eigenvalue weighted by Gasteiger charge is 2.31. The van der Waals surface area contributed by atoms with Crippen molar-refractivity contribution in [3.63, 3.8) is 0 Å². The van der Waals surface area contributed by atoms with Crippen LogP contribution in [-0.4, -0.2) is 11.2 Å². The molecule has 1 atom stereocenters. The molecule has 0 saturated heterocycles. The summed E-state index contributed by atoms with van der Waals surface area (Å²) in [7, 11) is 0. The number of aromatic nitrogens is 1. The van der Waals surface area contributed by atoms with Crippen LogP contribution in [0.3, 0.4) is 0 Å². The average molecular weight is 250 g/mol. The molecule has 0 fully saturated rings. The highest BCUT2D eigenvalue weighted by Crippen LogP contribution is 2.12. The van der Waals surface area contributed by atoms with Crippen molar-refractivity contribution in [3.05, 3.63) is 30.6 Å². The minimum Gasteiger partial charge on any atom is -0.198 e. The largest absolute Gasteiger partial charge is 0.198 e. The summed E-state index contributed by atoms with van der Waals surface area (Å²) in [5.41, 5.74) is -0.0250. The van der Waals surface area contributed by atoms with Crippen LogP contribution in [0.25, 0.3) is 0 Å². The van der Waals surface area contributed by atoms with E-state index in [1.165, 1.54) is 0 Å². The summed E-state index contributed by atoms with van der Waals surface area (Å²) in [6, 6.07) is 6.01. The Morgan fingerprint density at radius 1 is 1.33 bits per heavy atom. The number of alkyl halides is 2. The van der Waals surface area contributed by atoms with Gasteiger partial charge in [0.05, 0.1) is 11.2 Å². The normalized spacial score (nSPS) is 15.6. The molecule has 1 nitrogen and oxygen atoms in total. The molecule has 0 bridgehead atoms. The molecule has 0 N–H and O–H groups in total. The second kappa shape index (κ2) is 4.24. The third kappa shape index (κ3) is 1.99. The van der Waals surface area contributed by atoms with Crippen molar-refractivity contribution < 1.29 is 4.57 Å². The van der Waals surface area contributed by atoms with E-state index < -0.39 is 0 Å². The van der Waals surface area contributed by atoms with Crippen molar-refractivity contribution in [2.75, 3.05) is 11.2 Å². The van der Waals surface area contributed by atoms with Crippen LogP contribution in [-0.2, 0) is 5.54 Å². The van der Waals surface area contributed by atoms with Gasteiger partial charge in [-0.05, 0) is 0 Å². The molecule has 1 rings (SSSR count). The molecule has 0 unspecified atom stereocenters. The zero-order chi connectivity index (χ0) is 9.03. The lowest BCUT2D eigenvalue weighted by atomic mass is 10.1. The van der Waals surface area contributed by atoms with Gasteiger partial charge in [-0.3, -0.25) is 0 Å². The van der Waals surface area contributed by atoms with E-state index >= 15 is 0 Å². The zero-order valence-corrected chi connectivity index (χ0v) is 9.35. The average Bonchev–Trinajstić information content (AvgIpc) is 2.18. The van der Waals surface area contributed by atoms with Crippen LogP contribution in [0.15, 0.2) is 30.6 Å². The molecule has 1 heterocycles. The van der Waals surface area contributed by atoms with Gasteiger partial charge in [0.15, 0.2) is 17.9 Å². The standard InChI is InChI=1S/C9H12BrClN/c1-9(7-10,8-11)12-5-3-2-4-6-12/h2-6H,7-8H2,1H3/q+1/t9-/m1/s1. The van der Waals surface area contributed by atoms with E-state index in [1.54, 1.807) is 0 Å². The van der Waals surface area contributed by atoms with Gasteiger partial charge in [-0.25, -0.2) is 0 Å². The quantitative estimate of drug-likeness (QED) is 0.572. The van der Waals surface area contributed by atoms with Crippen LogP contribution < -0.4 is 4.57 Å². The smallest absolute Gasteiger partial charge is 0.188 e. The summed E-state index contributed by atoms with van der Waals surface area (Å²) in [5, 5.41) is 0.859. The van der Waals surface area contributed by atoms with Crippen molar-refractivity contribution in [2.24, 2.45) is 0 Å². The summed E-state index contributed by atoms with van der Waals surface area (Å²) in [4.78, 5) is 0. The first-order valence-electron chi connectivity index (χ1n) is 3.81. The van der Waals surface area contributed by atoms with Crippen molar-refractivity contribution in [3.8, 4) is 0 Å². The Balaban J connectivity index is 2.95. The first-order valence-corrected chi connectivity index (χ1v) is 5.47. The van der Waals surface area contributed by atoms with E-state index in [4.69, 9.17) is 11.6 Å². The number of nitrogens with zero attached hydrogens (tertiary/aromatic N) is 1. The molecule has 0 saturated carbocycles. The van der Waals surface area contributed by atoms with Crippen molar-refractivity contribution in [1.82, 2.24) is 0 Å². The Bertz CT molecular complexity index is 234. The minimum absolute atomic E-state index is 0.0250. The van der Waals surface area contributed by atoms with E-state index in [9.17, 15) is 0 Å². The van der Waals surface area contributed by atoms with E-state index in [1.807, 2.05) is 30.6 Å². The zero-order valence-electron chi connectivity index (χ0n) is 7.00. The maximum atomic E-state index is 5.89. The third-order valence-corrected chi connectivity index (χ3v) is 3.70. The maximum absolute atomic E-state index is 5.89. The fourth-order valence-electron chi connectivity index (χ4n) is 0.932. The summed E-state index contributed by atoms with van der Waals surface area (Å²) in [6.45, 7) is 2.12. The molecule has 0 aromatic carbocycles. The second-order valence-corrected chi connectivity index (χ2v) is 3.87. The van der Waals surface area contributed by atoms with Crippen molar-refractivity contribution >= 4 is 27.5 Å². The molecule has 0 amide bonds. The van der Waals surface area contributed by atoms with Gasteiger partial charge in [0.2, 0.25) is 0 Å². The maximum Gasteiger partial charge on any atom is 0.188 e. The van der Waals surface area contributed by atoms with E-state index in [0.717, 1.165) is 5.33 Å². The summed E-state index contributed by atoms with van der Waals surface area (Å²) >= 11 is 9.36. The van der Waals surface area contributed by atoms with Crippen LogP contribution in [0.1, 0.15) is 6.92 Å². The van der Waals surface area contributed by atoms with Gasteiger partial charge in [-0.2, -0.15) is 4.57 Å². The Morgan fingerprint density at radius 3 is 2.33 bits per heavy atom. The topological polar surface area (TPSA) is 3.88 Å². The van der Waals surface area contributed by atoms with Crippen LogP contribution in [0.2, 0.25) is 0 Å². The number of halogens is 2. The van der Waals surface area contributed by atoms with E-state index in [0.29, 0.717) is 5.88 Å². The Labute approximate surface area is 86.5 Å². The van der Waals surface area contributed by atoms with Gasteiger partial charge in [0.25, 0.3) is 0 Å². The molecular formula is C9H12BrClN+. The SMILES string of the molecule is C[C@](CCl)(CBr)[n+]1ccccc1. The van der Waals surface area contributed by atoms with Gasteiger partial charge < -0.3 is 0 Å². The monoisotopic (exact) mass is 248 g/mol. The van der Waals surface area contributed by atoms with Gasteiger partial charge in [0, 0.05) is 19.1 Å². The number of hydrogen-bond acceptors (Lipinski definition) is 0. The molecule has 0 spiro atoms. The predicted octanol–water partition coefficient (Wildman–Crippen LogP) is 2.32. The van der Waals surface area contributed by atoms with Gasteiger partial charge in [0.1, 0.15) is 0 Å². The number of rotatable bonds is 3. The summed E-state index contributed by atoms with van der Waals surface area (Å²) in [5.74, 6) is 0.604. The van der Waals surface area contributed by atoms with Crippen LogP contribution >= 0.6 is 27.5 Å². The summed E-state index contributed by atoms with van der Waals surface area (Å²) < 4.78 is 2.12. The molecule has 3 heteroatoms. The lowest BCUT2D eigenvalue weighted by Gasteiger charge is -2.18. The first kappa shape index (κ1) is 10.0. The Hall–Kier alpha value is -0.0800. The summed E-state index contributed by atoms with van der Waals surface area (Å²) in [6.07, 6.45) is 4.06.